The first kappa shape index (κ1) is 11.6. The zero-order chi connectivity index (χ0) is 10.6. The lowest BCUT2D eigenvalue weighted by Gasteiger charge is -2.05. The zero-order valence-electron chi connectivity index (χ0n) is 8.99. The van der Waals surface area contributed by atoms with Gasteiger partial charge >= 0.3 is 0 Å². The van der Waals surface area contributed by atoms with Gasteiger partial charge in [0, 0.05) is 31.4 Å². The van der Waals surface area contributed by atoms with Crippen LogP contribution >= 0.6 is 11.3 Å². The van der Waals surface area contributed by atoms with Crippen molar-refractivity contribution in [3.05, 3.63) is 16.1 Å². The smallest absolute Gasteiger partial charge is 0.0954 e. The summed E-state index contributed by atoms with van der Waals surface area (Å²) in [5.41, 5.74) is 6.80. The van der Waals surface area contributed by atoms with Crippen molar-refractivity contribution in [2.24, 2.45) is 5.73 Å². The highest BCUT2D eigenvalue weighted by Crippen LogP contribution is 2.13. The number of ether oxygens (including phenoxy) is 1. The standard InChI is InChI=1S/C10H18N2OS/c1-7(11)4-9-6-14-10(12-9)5-8(2)13-3/h6-8H,4-5,11H2,1-3H3. The first-order chi connectivity index (χ1) is 6.61. The third-order valence-electron chi connectivity index (χ3n) is 1.99. The third kappa shape index (κ3) is 3.74. The molecule has 0 bridgehead atoms. The molecular formula is C10H18N2OS. The highest BCUT2D eigenvalue weighted by atomic mass is 32.1. The van der Waals surface area contributed by atoms with Gasteiger partial charge in [-0.25, -0.2) is 4.98 Å². The van der Waals surface area contributed by atoms with E-state index in [0.29, 0.717) is 0 Å². The second kappa shape index (κ2) is 5.44. The second-order valence-corrected chi connectivity index (χ2v) is 4.61. The van der Waals surface area contributed by atoms with Gasteiger partial charge in [-0.3, -0.25) is 0 Å². The first-order valence-corrected chi connectivity index (χ1v) is 5.71. The fourth-order valence-corrected chi connectivity index (χ4v) is 2.12. The fraction of sp³-hybridized carbons (Fsp3) is 0.700. The highest BCUT2D eigenvalue weighted by Gasteiger charge is 2.07. The van der Waals surface area contributed by atoms with Gasteiger partial charge < -0.3 is 10.5 Å². The Morgan fingerprint density at radius 2 is 2.21 bits per heavy atom. The van der Waals surface area contributed by atoms with Crippen LogP contribution in [0.1, 0.15) is 24.5 Å². The van der Waals surface area contributed by atoms with Gasteiger partial charge in [0.2, 0.25) is 0 Å². The van der Waals surface area contributed by atoms with Gasteiger partial charge in [0.15, 0.2) is 0 Å². The van der Waals surface area contributed by atoms with Crippen LogP contribution in [0.15, 0.2) is 5.38 Å². The van der Waals surface area contributed by atoms with Crippen LogP contribution in [0.25, 0.3) is 0 Å². The van der Waals surface area contributed by atoms with E-state index >= 15 is 0 Å². The molecule has 1 aromatic rings. The largest absolute Gasteiger partial charge is 0.381 e. The van der Waals surface area contributed by atoms with Gasteiger partial charge in [-0.15, -0.1) is 11.3 Å². The Hall–Kier alpha value is -0.450. The molecule has 0 aliphatic carbocycles. The van der Waals surface area contributed by atoms with Crippen molar-refractivity contribution < 1.29 is 4.74 Å². The van der Waals surface area contributed by atoms with Gasteiger partial charge in [-0.1, -0.05) is 0 Å². The molecule has 1 rings (SSSR count). The van der Waals surface area contributed by atoms with Crippen LogP contribution in [0.2, 0.25) is 0 Å². The highest BCUT2D eigenvalue weighted by molar-refractivity contribution is 7.09. The normalized spacial score (nSPS) is 15.4. The Kier molecular flexibility index (Phi) is 4.51. The topological polar surface area (TPSA) is 48.1 Å². The fourth-order valence-electron chi connectivity index (χ4n) is 1.20. The maximum atomic E-state index is 5.70. The average molecular weight is 214 g/mol. The number of rotatable bonds is 5. The summed E-state index contributed by atoms with van der Waals surface area (Å²) in [4.78, 5) is 4.50. The minimum absolute atomic E-state index is 0.185. The molecule has 0 aliphatic rings. The molecule has 1 heterocycles. The number of thiazole rings is 1. The quantitative estimate of drug-likeness (QED) is 0.810. The van der Waals surface area contributed by atoms with Crippen molar-refractivity contribution in [1.29, 1.82) is 0 Å². The average Bonchev–Trinajstić information content (AvgIpc) is 2.51. The lowest BCUT2D eigenvalue weighted by Crippen LogP contribution is -2.18. The summed E-state index contributed by atoms with van der Waals surface area (Å²) in [7, 11) is 1.72. The van der Waals surface area contributed by atoms with E-state index in [2.05, 4.69) is 10.4 Å². The molecule has 0 spiro atoms. The molecule has 0 amide bonds. The van der Waals surface area contributed by atoms with Crippen molar-refractivity contribution in [3.8, 4) is 0 Å². The number of nitrogens with zero attached hydrogens (tertiary/aromatic N) is 1. The number of hydrogen-bond acceptors (Lipinski definition) is 4. The van der Waals surface area contributed by atoms with Gasteiger partial charge in [-0.2, -0.15) is 0 Å². The Bertz CT molecular complexity index is 273. The van der Waals surface area contributed by atoms with E-state index in [9.17, 15) is 0 Å². The monoisotopic (exact) mass is 214 g/mol. The van der Waals surface area contributed by atoms with Crippen molar-refractivity contribution in [2.45, 2.75) is 38.8 Å². The lowest BCUT2D eigenvalue weighted by molar-refractivity contribution is 0.118. The van der Waals surface area contributed by atoms with Gasteiger partial charge in [0.05, 0.1) is 16.8 Å². The van der Waals surface area contributed by atoms with Gasteiger partial charge in [-0.05, 0) is 13.8 Å². The van der Waals surface area contributed by atoms with E-state index in [4.69, 9.17) is 10.5 Å². The Morgan fingerprint density at radius 1 is 1.50 bits per heavy atom. The first-order valence-electron chi connectivity index (χ1n) is 4.83. The lowest BCUT2D eigenvalue weighted by atomic mass is 10.2. The predicted octanol–water partition coefficient (Wildman–Crippen LogP) is 1.61. The molecule has 2 atom stereocenters. The Balaban J connectivity index is 2.50. The molecule has 0 radical (unpaired) electrons. The molecule has 3 nitrogen and oxygen atoms in total. The number of hydrogen-bond donors (Lipinski definition) is 1. The van der Waals surface area contributed by atoms with E-state index in [1.54, 1.807) is 18.4 Å². The van der Waals surface area contributed by atoms with Crippen molar-refractivity contribution in [1.82, 2.24) is 4.98 Å². The number of nitrogens with two attached hydrogens (primary N) is 1. The van der Waals surface area contributed by atoms with Crippen LogP contribution in [0.3, 0.4) is 0 Å². The summed E-state index contributed by atoms with van der Waals surface area (Å²) in [5.74, 6) is 0. The molecule has 4 heteroatoms. The molecule has 0 saturated heterocycles. The summed E-state index contributed by atoms with van der Waals surface area (Å²) in [5, 5.41) is 3.22. The predicted molar refractivity (Wildman–Crippen MR) is 59.6 cm³/mol. The summed E-state index contributed by atoms with van der Waals surface area (Å²) in [6.45, 7) is 4.05. The van der Waals surface area contributed by atoms with E-state index in [1.807, 2.05) is 13.8 Å². The molecule has 0 saturated carbocycles. The molecular weight excluding hydrogens is 196 g/mol. The molecule has 0 aliphatic heterocycles. The van der Waals surface area contributed by atoms with Crippen molar-refractivity contribution in [3.63, 3.8) is 0 Å². The van der Waals surface area contributed by atoms with Crippen LogP contribution in [0.4, 0.5) is 0 Å². The van der Waals surface area contributed by atoms with Crippen LogP contribution < -0.4 is 5.73 Å². The van der Waals surface area contributed by atoms with E-state index in [0.717, 1.165) is 23.5 Å². The Labute approximate surface area is 89.3 Å². The van der Waals surface area contributed by atoms with E-state index in [-0.39, 0.29) is 12.1 Å². The maximum absolute atomic E-state index is 5.70. The molecule has 2 N–H and O–H groups in total. The van der Waals surface area contributed by atoms with Crippen LogP contribution in [0.5, 0.6) is 0 Å². The zero-order valence-corrected chi connectivity index (χ0v) is 9.80. The molecule has 14 heavy (non-hydrogen) atoms. The molecule has 80 valence electrons. The van der Waals surface area contributed by atoms with Crippen LogP contribution in [-0.2, 0) is 17.6 Å². The van der Waals surface area contributed by atoms with Gasteiger partial charge in [0.1, 0.15) is 0 Å². The summed E-state index contributed by atoms with van der Waals surface area (Å²) in [6, 6.07) is 0.185. The second-order valence-electron chi connectivity index (χ2n) is 3.66. The van der Waals surface area contributed by atoms with Crippen molar-refractivity contribution >= 4 is 11.3 Å². The number of aromatic nitrogens is 1. The maximum Gasteiger partial charge on any atom is 0.0954 e. The van der Waals surface area contributed by atoms with E-state index in [1.165, 1.54) is 0 Å². The summed E-state index contributed by atoms with van der Waals surface area (Å²) >= 11 is 1.69. The number of methoxy groups -OCH3 is 1. The van der Waals surface area contributed by atoms with Crippen LogP contribution in [0, 0.1) is 0 Å². The van der Waals surface area contributed by atoms with Crippen molar-refractivity contribution in [2.75, 3.05) is 7.11 Å². The molecule has 0 fully saturated rings. The third-order valence-corrected chi connectivity index (χ3v) is 2.91. The molecule has 2 unspecified atom stereocenters. The Morgan fingerprint density at radius 3 is 2.79 bits per heavy atom. The summed E-state index contributed by atoms with van der Waals surface area (Å²) in [6.07, 6.45) is 1.99. The van der Waals surface area contributed by atoms with Crippen LogP contribution in [-0.4, -0.2) is 24.2 Å². The van der Waals surface area contributed by atoms with E-state index < -0.39 is 0 Å². The molecule has 1 aromatic heterocycles. The summed E-state index contributed by atoms with van der Waals surface area (Å²) < 4.78 is 5.19. The van der Waals surface area contributed by atoms with Gasteiger partial charge in [0.25, 0.3) is 0 Å². The SMILES string of the molecule is COC(C)Cc1nc(CC(C)N)cs1. The minimum atomic E-state index is 0.185. The molecule has 0 aromatic carbocycles. The minimum Gasteiger partial charge on any atom is -0.381 e.